The summed E-state index contributed by atoms with van der Waals surface area (Å²) in [5.41, 5.74) is 9.46. The molecule has 0 bridgehead atoms. The summed E-state index contributed by atoms with van der Waals surface area (Å²) in [6.07, 6.45) is 1.83. The fraction of sp³-hybridized carbons (Fsp3) is 0.312. The molecular formula is C16H21N3. The van der Waals surface area contributed by atoms with Crippen LogP contribution in [0.2, 0.25) is 0 Å². The number of aromatic nitrogens is 1. The van der Waals surface area contributed by atoms with E-state index in [-0.39, 0.29) is 0 Å². The van der Waals surface area contributed by atoms with Gasteiger partial charge in [0.05, 0.1) is 0 Å². The molecule has 2 N–H and O–H groups in total. The quantitative estimate of drug-likeness (QED) is 0.893. The maximum Gasteiger partial charge on any atom is 0.129 e. The van der Waals surface area contributed by atoms with Crippen molar-refractivity contribution in [3.63, 3.8) is 0 Å². The van der Waals surface area contributed by atoms with Gasteiger partial charge in [-0.05, 0) is 42.7 Å². The van der Waals surface area contributed by atoms with Gasteiger partial charge in [-0.2, -0.15) is 0 Å². The standard InChI is InChI=1S/C16H21N3/c1-3-19(12-15-7-5-4-6-13(15)2)16-10-14(11-17)8-9-18-16/h4-10H,3,11-12,17H2,1-2H3. The van der Waals surface area contributed by atoms with E-state index in [4.69, 9.17) is 5.73 Å². The summed E-state index contributed by atoms with van der Waals surface area (Å²) in [4.78, 5) is 6.72. The normalized spacial score (nSPS) is 10.5. The average molecular weight is 255 g/mol. The third kappa shape index (κ3) is 3.32. The van der Waals surface area contributed by atoms with Crippen molar-refractivity contribution in [1.82, 2.24) is 4.98 Å². The molecule has 0 unspecified atom stereocenters. The highest BCUT2D eigenvalue weighted by Gasteiger charge is 2.08. The van der Waals surface area contributed by atoms with Crippen LogP contribution in [0.25, 0.3) is 0 Å². The Hall–Kier alpha value is -1.87. The Kier molecular flexibility index (Phi) is 4.53. The lowest BCUT2D eigenvalue weighted by Crippen LogP contribution is -2.23. The molecule has 0 aliphatic heterocycles. The van der Waals surface area contributed by atoms with E-state index >= 15 is 0 Å². The van der Waals surface area contributed by atoms with Gasteiger partial charge < -0.3 is 10.6 Å². The van der Waals surface area contributed by atoms with Crippen LogP contribution in [0, 0.1) is 6.92 Å². The van der Waals surface area contributed by atoms with Gasteiger partial charge in [0.15, 0.2) is 0 Å². The first-order valence-electron chi connectivity index (χ1n) is 6.69. The molecule has 0 fully saturated rings. The predicted octanol–water partition coefficient (Wildman–Crippen LogP) is 2.88. The number of aryl methyl sites for hydroxylation is 1. The lowest BCUT2D eigenvalue weighted by atomic mass is 10.1. The van der Waals surface area contributed by atoms with E-state index in [1.54, 1.807) is 0 Å². The summed E-state index contributed by atoms with van der Waals surface area (Å²) in [6.45, 7) is 6.65. The van der Waals surface area contributed by atoms with Gasteiger partial charge in [-0.3, -0.25) is 0 Å². The highest BCUT2D eigenvalue weighted by Crippen LogP contribution is 2.17. The van der Waals surface area contributed by atoms with Crippen LogP contribution in [0.4, 0.5) is 5.82 Å². The van der Waals surface area contributed by atoms with Crippen LogP contribution in [-0.2, 0) is 13.1 Å². The minimum atomic E-state index is 0.553. The van der Waals surface area contributed by atoms with Gasteiger partial charge in [-0.1, -0.05) is 24.3 Å². The molecule has 1 aromatic heterocycles. The minimum absolute atomic E-state index is 0.553. The second kappa shape index (κ2) is 6.34. The third-order valence-corrected chi connectivity index (χ3v) is 3.37. The van der Waals surface area contributed by atoms with Crippen molar-refractivity contribution in [2.45, 2.75) is 26.9 Å². The minimum Gasteiger partial charge on any atom is -0.353 e. The molecule has 0 saturated heterocycles. The summed E-state index contributed by atoms with van der Waals surface area (Å²) >= 11 is 0. The molecular weight excluding hydrogens is 234 g/mol. The maximum absolute atomic E-state index is 5.69. The number of benzene rings is 1. The fourth-order valence-electron chi connectivity index (χ4n) is 2.11. The van der Waals surface area contributed by atoms with Crippen LogP contribution in [0.15, 0.2) is 42.6 Å². The summed E-state index contributed by atoms with van der Waals surface area (Å²) in [7, 11) is 0. The van der Waals surface area contributed by atoms with Gasteiger partial charge in [-0.15, -0.1) is 0 Å². The summed E-state index contributed by atoms with van der Waals surface area (Å²) in [5.74, 6) is 0.994. The zero-order valence-electron chi connectivity index (χ0n) is 11.6. The Morgan fingerprint density at radius 3 is 2.68 bits per heavy atom. The highest BCUT2D eigenvalue weighted by atomic mass is 15.2. The first-order chi connectivity index (χ1) is 9.24. The molecule has 0 atom stereocenters. The first kappa shape index (κ1) is 13.6. The Morgan fingerprint density at radius 2 is 2.00 bits per heavy atom. The van der Waals surface area contributed by atoms with Crippen LogP contribution >= 0.6 is 0 Å². The molecule has 3 nitrogen and oxygen atoms in total. The monoisotopic (exact) mass is 255 g/mol. The maximum atomic E-state index is 5.69. The Labute approximate surface area is 115 Å². The molecule has 0 radical (unpaired) electrons. The van der Waals surface area contributed by atoms with Crippen LogP contribution in [0.3, 0.4) is 0 Å². The van der Waals surface area contributed by atoms with Gasteiger partial charge in [0.25, 0.3) is 0 Å². The molecule has 3 heteroatoms. The number of anilines is 1. The van der Waals surface area contributed by atoms with Crippen molar-refractivity contribution in [2.24, 2.45) is 5.73 Å². The molecule has 0 saturated carbocycles. The zero-order chi connectivity index (χ0) is 13.7. The van der Waals surface area contributed by atoms with E-state index in [9.17, 15) is 0 Å². The van der Waals surface area contributed by atoms with Crippen LogP contribution in [-0.4, -0.2) is 11.5 Å². The van der Waals surface area contributed by atoms with Gasteiger partial charge >= 0.3 is 0 Å². The van der Waals surface area contributed by atoms with Crippen molar-refractivity contribution < 1.29 is 0 Å². The molecule has 1 heterocycles. The Bertz CT molecular complexity index is 537. The van der Waals surface area contributed by atoms with E-state index in [1.165, 1.54) is 11.1 Å². The van der Waals surface area contributed by atoms with Gasteiger partial charge in [0.1, 0.15) is 5.82 Å². The molecule has 2 aromatic rings. The molecule has 19 heavy (non-hydrogen) atoms. The van der Waals surface area contributed by atoms with E-state index in [2.05, 4.69) is 54.1 Å². The molecule has 100 valence electrons. The molecule has 0 amide bonds. The number of hydrogen-bond acceptors (Lipinski definition) is 3. The van der Waals surface area contributed by atoms with Gasteiger partial charge in [-0.25, -0.2) is 4.98 Å². The van der Waals surface area contributed by atoms with Gasteiger partial charge in [0.2, 0.25) is 0 Å². The van der Waals surface area contributed by atoms with E-state index in [0.717, 1.165) is 24.5 Å². The summed E-state index contributed by atoms with van der Waals surface area (Å²) in [5, 5.41) is 0. The lowest BCUT2D eigenvalue weighted by Gasteiger charge is -2.23. The highest BCUT2D eigenvalue weighted by molar-refractivity contribution is 5.42. The zero-order valence-corrected chi connectivity index (χ0v) is 11.6. The number of pyridine rings is 1. The second-order valence-electron chi connectivity index (χ2n) is 4.67. The third-order valence-electron chi connectivity index (χ3n) is 3.37. The Balaban J connectivity index is 2.22. The summed E-state index contributed by atoms with van der Waals surface area (Å²) in [6, 6.07) is 12.5. The number of hydrogen-bond donors (Lipinski definition) is 1. The van der Waals surface area contributed by atoms with Crippen molar-refractivity contribution in [1.29, 1.82) is 0 Å². The van der Waals surface area contributed by atoms with Crippen molar-refractivity contribution in [3.8, 4) is 0 Å². The molecule has 0 aliphatic carbocycles. The predicted molar refractivity (Wildman–Crippen MR) is 80.0 cm³/mol. The second-order valence-corrected chi connectivity index (χ2v) is 4.67. The molecule has 1 aromatic carbocycles. The smallest absolute Gasteiger partial charge is 0.129 e. The number of nitrogens with zero attached hydrogens (tertiary/aromatic N) is 2. The first-order valence-corrected chi connectivity index (χ1v) is 6.69. The van der Waals surface area contributed by atoms with Crippen molar-refractivity contribution in [3.05, 3.63) is 59.3 Å². The molecule has 2 rings (SSSR count). The molecule has 0 aliphatic rings. The topological polar surface area (TPSA) is 42.1 Å². The van der Waals surface area contributed by atoms with Crippen LogP contribution < -0.4 is 10.6 Å². The van der Waals surface area contributed by atoms with E-state index < -0.39 is 0 Å². The van der Waals surface area contributed by atoms with Crippen molar-refractivity contribution in [2.75, 3.05) is 11.4 Å². The largest absolute Gasteiger partial charge is 0.353 e. The SMILES string of the molecule is CCN(Cc1ccccc1C)c1cc(CN)ccn1. The Morgan fingerprint density at radius 1 is 1.21 bits per heavy atom. The van der Waals surface area contributed by atoms with Crippen LogP contribution in [0.1, 0.15) is 23.6 Å². The fourth-order valence-corrected chi connectivity index (χ4v) is 2.11. The number of rotatable bonds is 5. The number of nitrogens with two attached hydrogens (primary N) is 1. The van der Waals surface area contributed by atoms with E-state index in [0.29, 0.717) is 6.54 Å². The van der Waals surface area contributed by atoms with Crippen molar-refractivity contribution >= 4 is 5.82 Å². The lowest BCUT2D eigenvalue weighted by molar-refractivity contribution is 0.807. The van der Waals surface area contributed by atoms with E-state index in [1.807, 2.05) is 12.3 Å². The van der Waals surface area contributed by atoms with Crippen LogP contribution in [0.5, 0.6) is 0 Å². The van der Waals surface area contributed by atoms with Gasteiger partial charge in [0, 0.05) is 25.8 Å². The average Bonchev–Trinajstić information content (AvgIpc) is 2.46. The molecule has 0 spiro atoms. The summed E-state index contributed by atoms with van der Waals surface area (Å²) < 4.78 is 0.